The Morgan fingerprint density at radius 2 is 1.01 bits per heavy atom. The van der Waals surface area contributed by atoms with E-state index in [1.807, 2.05) is 0 Å². The van der Waals surface area contributed by atoms with Gasteiger partial charge in [0.05, 0.1) is 5.56 Å². The van der Waals surface area contributed by atoms with Gasteiger partial charge >= 0.3 is 11.7 Å². The van der Waals surface area contributed by atoms with Crippen LogP contribution in [0.5, 0.6) is 5.75 Å². The molecule has 0 fully saturated rings. The summed E-state index contributed by atoms with van der Waals surface area (Å²) < 4.78 is 15.3. The third-order valence-electron chi connectivity index (χ3n) is 15.1. The van der Waals surface area contributed by atoms with Gasteiger partial charge < -0.3 is 4.74 Å². The molecular formula is C66H49N3O+2. The molecule has 0 saturated heterocycles. The summed E-state index contributed by atoms with van der Waals surface area (Å²) in [5, 5.41) is 0. The summed E-state index contributed by atoms with van der Waals surface area (Å²) in [4.78, 5) is 0. The zero-order valence-corrected chi connectivity index (χ0v) is 39.6. The van der Waals surface area contributed by atoms with Crippen molar-refractivity contribution in [1.29, 1.82) is 0 Å². The Bertz CT molecular complexity index is 3920. The van der Waals surface area contributed by atoms with Crippen molar-refractivity contribution in [2.75, 3.05) is 0 Å². The molecule has 1 atom stereocenters. The Morgan fingerprint density at radius 3 is 1.71 bits per heavy atom. The molecule has 332 valence electrons. The normalized spacial score (nSPS) is 14.7. The first-order valence-electron chi connectivity index (χ1n) is 24.4. The Labute approximate surface area is 408 Å². The minimum absolute atomic E-state index is 0.0249. The molecule has 0 saturated carbocycles. The summed E-state index contributed by atoms with van der Waals surface area (Å²) in [5.74, 6) is 0.835. The van der Waals surface area contributed by atoms with Crippen LogP contribution in [0.2, 0.25) is 0 Å². The summed E-state index contributed by atoms with van der Waals surface area (Å²) >= 11 is 0. The van der Waals surface area contributed by atoms with Crippen LogP contribution in [0, 0.1) is 6.92 Å². The van der Waals surface area contributed by atoms with Crippen LogP contribution in [0.15, 0.2) is 225 Å². The molecule has 0 amide bonds. The fourth-order valence-corrected chi connectivity index (χ4v) is 11.7. The van der Waals surface area contributed by atoms with Gasteiger partial charge in [-0.15, -0.1) is 9.13 Å². The number of ether oxygens (including phenoxy) is 1. The van der Waals surface area contributed by atoms with E-state index in [0.29, 0.717) is 0 Å². The topological polar surface area (TPSA) is 21.9 Å². The molecule has 14 rings (SSSR count). The first-order chi connectivity index (χ1) is 34.2. The second-order valence-corrected chi connectivity index (χ2v) is 20.2. The fraction of sp³-hybridized carbons (Fsp3) is 0.0909. The molecule has 70 heavy (non-hydrogen) atoms. The van der Waals surface area contributed by atoms with E-state index < -0.39 is 5.85 Å². The SMILES string of the molecule is Cc1cc(-n2c3[n+]4c5c(cccc52)-c2cc(-c5ccccc5)cc5c2C4(Oc2ccccc2-3)[n+]2ccc(-c3ccc(-c4ccccc4)cc3)cc2-5)c(-c2ccc(C(C)(C)C)cc2)cc1-c1ccccc1. The Hall–Kier alpha value is -8.60. The lowest BCUT2D eigenvalue weighted by atomic mass is 9.85. The number of nitrogens with zero attached hydrogens (tertiary/aromatic N) is 3. The number of pyridine rings is 1. The second kappa shape index (κ2) is 14.9. The Balaban J connectivity index is 1.08. The number of benzene rings is 9. The summed E-state index contributed by atoms with van der Waals surface area (Å²) in [6, 6.07) is 80.3. The summed E-state index contributed by atoms with van der Waals surface area (Å²) in [6.07, 6.45) is 2.27. The second-order valence-electron chi connectivity index (χ2n) is 20.2. The van der Waals surface area contributed by atoms with Gasteiger partial charge in [0.25, 0.3) is 0 Å². The average molecular weight is 900 g/mol. The Kier molecular flexibility index (Phi) is 8.64. The van der Waals surface area contributed by atoms with Crippen molar-refractivity contribution in [3.05, 3.63) is 241 Å². The van der Waals surface area contributed by atoms with Gasteiger partial charge in [-0.25, -0.2) is 0 Å². The van der Waals surface area contributed by atoms with Gasteiger partial charge in [0.15, 0.2) is 17.2 Å². The van der Waals surface area contributed by atoms with Gasteiger partial charge in [0.1, 0.15) is 22.6 Å². The summed E-state index contributed by atoms with van der Waals surface area (Å²) in [6.45, 7) is 9.11. The van der Waals surface area contributed by atoms with Gasteiger partial charge in [-0.2, -0.15) is 4.57 Å². The molecule has 1 unspecified atom stereocenters. The smallest absolute Gasteiger partial charge is 0.392 e. The van der Waals surface area contributed by atoms with Gasteiger partial charge in [-0.05, 0) is 122 Å². The zero-order valence-electron chi connectivity index (χ0n) is 39.6. The molecule has 0 bridgehead atoms. The first-order valence-corrected chi connectivity index (χ1v) is 24.4. The number of aryl methyl sites for hydroxylation is 1. The van der Waals surface area contributed by atoms with Crippen LogP contribution in [0.3, 0.4) is 0 Å². The molecule has 0 radical (unpaired) electrons. The van der Waals surface area contributed by atoms with Crippen molar-refractivity contribution in [3.63, 3.8) is 0 Å². The van der Waals surface area contributed by atoms with E-state index >= 15 is 0 Å². The maximum atomic E-state index is 7.78. The molecule has 1 spiro atoms. The predicted octanol–water partition coefficient (Wildman–Crippen LogP) is 15.4. The predicted molar refractivity (Wildman–Crippen MR) is 284 cm³/mol. The summed E-state index contributed by atoms with van der Waals surface area (Å²) in [5.41, 5.74) is 24.6. The number of hydrogen-bond acceptors (Lipinski definition) is 1. The maximum Gasteiger partial charge on any atom is 0.499 e. The van der Waals surface area contributed by atoms with Crippen LogP contribution in [-0.2, 0) is 11.3 Å². The number of para-hydroxylation sites is 2. The number of aromatic nitrogens is 3. The van der Waals surface area contributed by atoms with Gasteiger partial charge in [0.2, 0.25) is 5.69 Å². The number of hydrogen-bond donors (Lipinski definition) is 0. The minimum atomic E-state index is -1.08. The molecule has 3 aliphatic rings. The lowest BCUT2D eigenvalue weighted by Gasteiger charge is -2.32. The monoisotopic (exact) mass is 899 g/mol. The number of imidazole rings is 1. The van der Waals surface area contributed by atoms with Crippen LogP contribution < -0.4 is 13.9 Å². The maximum absolute atomic E-state index is 7.78. The van der Waals surface area contributed by atoms with Crippen molar-refractivity contribution in [3.8, 4) is 101 Å². The highest BCUT2D eigenvalue weighted by molar-refractivity contribution is 6.00. The van der Waals surface area contributed by atoms with E-state index in [-0.39, 0.29) is 5.41 Å². The molecule has 4 heteroatoms. The molecule has 5 heterocycles. The van der Waals surface area contributed by atoms with E-state index in [2.05, 4.69) is 266 Å². The molecular weight excluding hydrogens is 851 g/mol. The molecule has 4 nitrogen and oxygen atoms in total. The Morgan fingerprint density at radius 1 is 0.443 bits per heavy atom. The molecule has 2 aromatic heterocycles. The van der Waals surface area contributed by atoms with Gasteiger partial charge in [0, 0.05) is 28.8 Å². The van der Waals surface area contributed by atoms with Crippen LogP contribution in [-0.4, -0.2) is 4.57 Å². The van der Waals surface area contributed by atoms with Crippen LogP contribution in [0.25, 0.3) is 106 Å². The summed E-state index contributed by atoms with van der Waals surface area (Å²) in [7, 11) is 0. The largest absolute Gasteiger partial charge is 0.499 e. The zero-order chi connectivity index (χ0) is 46.9. The highest BCUT2D eigenvalue weighted by Gasteiger charge is 2.68. The molecule has 0 aliphatic carbocycles. The molecule has 3 aliphatic heterocycles. The third kappa shape index (κ3) is 5.83. The van der Waals surface area contributed by atoms with Gasteiger partial charge in [-0.1, -0.05) is 178 Å². The van der Waals surface area contributed by atoms with Crippen molar-refractivity contribution >= 4 is 11.0 Å². The van der Waals surface area contributed by atoms with Crippen molar-refractivity contribution < 1.29 is 13.9 Å². The van der Waals surface area contributed by atoms with Crippen LogP contribution in [0.4, 0.5) is 0 Å². The van der Waals surface area contributed by atoms with Crippen molar-refractivity contribution in [1.82, 2.24) is 4.57 Å². The van der Waals surface area contributed by atoms with E-state index in [9.17, 15) is 0 Å². The molecule has 0 N–H and O–H groups in total. The standard InChI is InChI=1S/C66H49N3O/c1-42-37-60(55(41-54(42)47-21-12-7-13-22-47)48-31-33-51(34-32-48)65(2,3)4)68-58-25-16-24-52-56-38-50(44-19-10-6-11-20-44)39-57-59-40-49(46-29-27-45(28-30-46)43-17-8-5-9-18-43)35-36-67(59)66(62(56)57)69(63(52)58)64(68)53-23-14-15-26-61(53)70-66/h5-41H,1-4H3/q+2. The highest BCUT2D eigenvalue weighted by atomic mass is 16.5. The van der Waals surface area contributed by atoms with Crippen LogP contribution >= 0.6 is 0 Å². The average Bonchev–Trinajstić information content (AvgIpc) is 3.90. The number of fused-ring (bicyclic) bond motifs is 5. The van der Waals surface area contributed by atoms with E-state index in [1.54, 1.807) is 0 Å². The quantitative estimate of drug-likeness (QED) is 0.152. The van der Waals surface area contributed by atoms with Crippen molar-refractivity contribution in [2.24, 2.45) is 0 Å². The fourth-order valence-electron chi connectivity index (χ4n) is 11.7. The third-order valence-corrected chi connectivity index (χ3v) is 15.1. The minimum Gasteiger partial charge on any atom is -0.392 e. The van der Waals surface area contributed by atoms with Crippen LogP contribution in [0.1, 0.15) is 37.5 Å². The lowest BCUT2D eigenvalue weighted by molar-refractivity contribution is -0.997. The van der Waals surface area contributed by atoms with Crippen molar-refractivity contribution in [2.45, 2.75) is 39.0 Å². The first kappa shape index (κ1) is 40.5. The van der Waals surface area contributed by atoms with E-state index in [4.69, 9.17) is 4.74 Å². The van der Waals surface area contributed by atoms with E-state index in [1.165, 1.54) is 66.8 Å². The van der Waals surface area contributed by atoms with Gasteiger partial charge in [-0.3, -0.25) is 0 Å². The lowest BCUT2D eigenvalue weighted by Crippen LogP contribution is -2.78. The molecule has 9 aromatic carbocycles. The molecule has 11 aromatic rings. The van der Waals surface area contributed by atoms with E-state index in [0.717, 1.165) is 61.8 Å². The number of rotatable bonds is 6. The highest BCUT2D eigenvalue weighted by Crippen LogP contribution is 2.55.